The van der Waals surface area contributed by atoms with Crippen molar-refractivity contribution < 1.29 is 32.4 Å². The summed E-state index contributed by atoms with van der Waals surface area (Å²) in [6.45, 7) is 38.2. The molecule has 7 heteroatoms. The van der Waals surface area contributed by atoms with E-state index in [9.17, 15) is 15.3 Å². The van der Waals surface area contributed by atoms with Crippen LogP contribution >= 0.6 is 0 Å². The van der Waals surface area contributed by atoms with Crippen molar-refractivity contribution in [2.24, 2.45) is 0 Å². The van der Waals surface area contributed by atoms with Gasteiger partial charge in [-0.05, 0) is 72.9 Å². The molecule has 67 heavy (non-hydrogen) atoms. The molecule has 0 unspecified atom stereocenters. The Kier molecular flexibility index (Phi) is 18.1. The third-order valence-corrected chi connectivity index (χ3v) is 11.3. The van der Waals surface area contributed by atoms with Crippen LogP contribution in [0.5, 0.6) is 17.2 Å². The first-order valence-electron chi connectivity index (χ1n) is 23.2. The quantitative estimate of drug-likeness (QED) is 0.168. The fourth-order valence-electron chi connectivity index (χ4n) is 7.05. The van der Waals surface area contributed by atoms with Crippen molar-refractivity contribution in [2.75, 3.05) is 5.32 Å². The average molecular weight is 942 g/mol. The largest absolute Gasteiger partial charge is 0.873 e. The smallest absolute Gasteiger partial charge is 0.0384 e. The molecule has 6 aromatic carbocycles. The Balaban J connectivity index is 0.000000264. The van der Waals surface area contributed by atoms with E-state index in [1.807, 2.05) is 121 Å². The van der Waals surface area contributed by atoms with Crippen LogP contribution in [0.25, 0.3) is 10.6 Å². The fourth-order valence-corrected chi connectivity index (χ4v) is 7.05. The molecule has 0 aliphatic rings. The van der Waals surface area contributed by atoms with Crippen LogP contribution in [0.4, 0.5) is 34.1 Å². The van der Waals surface area contributed by atoms with Gasteiger partial charge in [0, 0.05) is 28.4 Å². The minimum Gasteiger partial charge on any atom is -0.873 e. The Morgan fingerprint density at radius 3 is 0.925 bits per heavy atom. The number of rotatable bonds is 6. The second-order valence-corrected chi connectivity index (χ2v) is 23.5. The Morgan fingerprint density at radius 1 is 0.343 bits per heavy atom. The summed E-state index contributed by atoms with van der Waals surface area (Å²) in [5.74, 6) is 0.151. The SMILES string of the molecule is CC(C)(C)c1cc(Nc2ccccc2)c([O-])c(C(C)(C)C)c1.CC(C)(C)c1cc([N-]c2ccccc2)c([O-])c(C(C)(C)C)c1.CC(C)(C)c1cc([N-]c2ccccc2)c([O-])c(C(C)(C)C)c1.[Mn]. The van der Waals surface area contributed by atoms with E-state index in [4.69, 9.17) is 0 Å². The van der Waals surface area contributed by atoms with Gasteiger partial charge in [0.1, 0.15) is 0 Å². The summed E-state index contributed by atoms with van der Waals surface area (Å²) in [5, 5.41) is 50.9. The second-order valence-electron chi connectivity index (χ2n) is 23.5. The van der Waals surface area contributed by atoms with Gasteiger partial charge in [-0.15, -0.1) is 34.2 Å². The third-order valence-electron chi connectivity index (χ3n) is 11.3. The van der Waals surface area contributed by atoms with Gasteiger partial charge in [-0.3, -0.25) is 0 Å². The maximum atomic E-state index is 12.8. The van der Waals surface area contributed by atoms with Crippen LogP contribution in [0.1, 0.15) is 158 Å². The molecule has 0 atom stereocenters. The van der Waals surface area contributed by atoms with E-state index in [1.54, 1.807) is 0 Å². The van der Waals surface area contributed by atoms with Crippen molar-refractivity contribution >= 4 is 34.1 Å². The Hall–Kier alpha value is -5.36. The summed E-state index contributed by atoms with van der Waals surface area (Å²) in [7, 11) is 0. The van der Waals surface area contributed by atoms with E-state index in [0.29, 0.717) is 17.1 Å². The first-order valence-corrected chi connectivity index (χ1v) is 23.2. The molecule has 0 bridgehead atoms. The first-order chi connectivity index (χ1) is 30.3. The molecule has 6 aromatic rings. The number of hydrogen-bond donors (Lipinski definition) is 1. The van der Waals surface area contributed by atoms with Crippen molar-refractivity contribution in [2.45, 2.75) is 157 Å². The van der Waals surface area contributed by atoms with Crippen LogP contribution < -0.4 is 20.6 Å². The molecule has 1 N–H and O–H groups in total. The van der Waals surface area contributed by atoms with Gasteiger partial charge < -0.3 is 31.3 Å². The summed E-state index contributed by atoms with van der Waals surface area (Å²) < 4.78 is 0. The van der Waals surface area contributed by atoms with Gasteiger partial charge in [-0.2, -0.15) is 0 Å². The van der Waals surface area contributed by atoms with Gasteiger partial charge in [0.25, 0.3) is 0 Å². The molecule has 6 nitrogen and oxygen atoms in total. The third kappa shape index (κ3) is 15.9. The normalized spacial score (nSPS) is 12.1. The molecule has 0 amide bonds. The van der Waals surface area contributed by atoms with Gasteiger partial charge in [-0.25, -0.2) is 0 Å². The van der Waals surface area contributed by atoms with E-state index in [1.165, 1.54) is 5.56 Å². The number of para-hydroxylation sites is 3. The van der Waals surface area contributed by atoms with Gasteiger partial charge in [0.05, 0.1) is 0 Å². The van der Waals surface area contributed by atoms with Crippen molar-refractivity contribution in [3.05, 3.63) is 171 Å². The molecule has 0 aliphatic heterocycles. The van der Waals surface area contributed by atoms with Gasteiger partial charge in [0.2, 0.25) is 0 Å². The van der Waals surface area contributed by atoms with Crippen molar-refractivity contribution in [3.8, 4) is 17.2 Å². The van der Waals surface area contributed by atoms with Crippen LogP contribution in [-0.4, -0.2) is 0 Å². The maximum absolute atomic E-state index is 12.8. The number of nitrogens with one attached hydrogen (secondary N) is 1. The predicted molar refractivity (Wildman–Crippen MR) is 278 cm³/mol. The molecule has 0 spiro atoms. The Morgan fingerprint density at radius 2 is 0.627 bits per heavy atom. The zero-order valence-electron chi connectivity index (χ0n) is 43.6. The van der Waals surface area contributed by atoms with E-state index < -0.39 is 0 Å². The summed E-state index contributed by atoms with van der Waals surface area (Å²) in [4.78, 5) is 0. The maximum Gasteiger partial charge on any atom is 0.0384 e. The minimum atomic E-state index is -0.195. The zero-order valence-corrected chi connectivity index (χ0v) is 44.8. The molecule has 0 heterocycles. The van der Waals surface area contributed by atoms with Crippen LogP contribution in [0, 0.1) is 0 Å². The monoisotopic (exact) mass is 942 g/mol. The topological polar surface area (TPSA) is 109 Å². The van der Waals surface area contributed by atoms with E-state index in [-0.39, 0.29) is 66.8 Å². The average Bonchev–Trinajstić information content (AvgIpc) is 3.19. The number of hydrogen-bond acceptors (Lipinski definition) is 4. The van der Waals surface area contributed by atoms with Crippen LogP contribution in [0.15, 0.2) is 127 Å². The van der Waals surface area contributed by atoms with Gasteiger partial charge >= 0.3 is 0 Å². The molecular formula is C60H76MnN3O3-5. The van der Waals surface area contributed by atoms with Crippen molar-refractivity contribution in [3.63, 3.8) is 0 Å². The number of benzene rings is 6. The zero-order chi connectivity index (χ0) is 49.6. The van der Waals surface area contributed by atoms with Crippen LogP contribution in [0.2, 0.25) is 0 Å². The van der Waals surface area contributed by atoms with Crippen LogP contribution in [-0.2, 0) is 49.6 Å². The Bertz CT molecular complexity index is 2230. The number of nitrogens with zero attached hydrogens (tertiary/aromatic N) is 2. The molecule has 0 saturated heterocycles. The van der Waals surface area contributed by atoms with Gasteiger partial charge in [0.15, 0.2) is 0 Å². The van der Waals surface area contributed by atoms with E-state index in [2.05, 4.69) is 147 Å². The second kappa shape index (κ2) is 21.7. The Labute approximate surface area is 415 Å². The standard InChI is InChI=1S/C20H27NO.2C20H26NO.Mn/c3*1-19(2,3)14-12-16(20(4,5)6)18(22)17(13-14)21-15-10-8-7-9-11-15;/h7-13,21-22H,1-6H3;2*7-13,22H,1-6H3;/q;2*-1;/p-3. The van der Waals surface area contributed by atoms with Gasteiger partial charge in [-0.1, -0.05) is 251 Å². The molecule has 0 aromatic heterocycles. The summed E-state index contributed by atoms with van der Waals surface area (Å²) in [6, 6.07) is 41.2. The molecule has 0 saturated carbocycles. The molecular weight excluding hydrogens is 866 g/mol. The minimum absolute atomic E-state index is 0. The molecule has 0 aliphatic carbocycles. The summed E-state index contributed by atoms with van der Waals surface area (Å²) >= 11 is 0. The predicted octanol–water partition coefficient (Wildman–Crippen LogP) is 16.5. The molecule has 0 fully saturated rings. The van der Waals surface area contributed by atoms with E-state index in [0.717, 1.165) is 44.9 Å². The van der Waals surface area contributed by atoms with Crippen LogP contribution in [0.3, 0.4) is 0 Å². The summed E-state index contributed by atoms with van der Waals surface area (Å²) in [5.41, 5.74) is 9.66. The van der Waals surface area contributed by atoms with Crippen molar-refractivity contribution in [1.82, 2.24) is 0 Å². The number of anilines is 2. The fraction of sp³-hybridized carbons (Fsp3) is 0.400. The summed E-state index contributed by atoms with van der Waals surface area (Å²) in [6.07, 6.45) is 0. The molecule has 6 rings (SSSR count). The first kappa shape index (κ1) is 56.0. The molecule has 1 radical (unpaired) electrons. The van der Waals surface area contributed by atoms with Crippen molar-refractivity contribution in [1.29, 1.82) is 0 Å². The molecule has 361 valence electrons. The van der Waals surface area contributed by atoms with E-state index >= 15 is 0 Å².